The lowest BCUT2D eigenvalue weighted by Crippen LogP contribution is -2.56. The molecule has 4 rings (SSSR count). The van der Waals surface area contributed by atoms with E-state index in [1.165, 1.54) is 32.1 Å². The van der Waals surface area contributed by atoms with Crippen LogP contribution in [0, 0.1) is 0 Å². The molecule has 1 aromatic carbocycles. The quantitative estimate of drug-likeness (QED) is 0.885. The van der Waals surface area contributed by atoms with Gasteiger partial charge in [0.2, 0.25) is 0 Å². The van der Waals surface area contributed by atoms with Crippen LogP contribution in [0.15, 0.2) is 18.2 Å². The molecule has 1 N–H and O–H groups in total. The monoisotopic (exact) mass is 373 g/mol. The number of carbonyl (C=O) groups is 1. The third-order valence-electron chi connectivity index (χ3n) is 6.19. The first kappa shape index (κ1) is 18.4. The molecule has 3 aliphatic rings. The van der Waals surface area contributed by atoms with Gasteiger partial charge in [0.15, 0.2) is 0 Å². The van der Waals surface area contributed by atoms with Gasteiger partial charge in [-0.1, -0.05) is 19.3 Å². The minimum absolute atomic E-state index is 0.00785. The van der Waals surface area contributed by atoms with E-state index in [1.807, 2.05) is 23.1 Å². The van der Waals surface area contributed by atoms with Crippen molar-refractivity contribution in [3.8, 4) is 11.5 Å². The van der Waals surface area contributed by atoms with E-state index in [4.69, 9.17) is 9.47 Å². The molecule has 1 aromatic rings. The van der Waals surface area contributed by atoms with Gasteiger partial charge < -0.3 is 19.7 Å². The Bertz CT molecular complexity index is 652. The second-order valence-electron chi connectivity index (χ2n) is 7.95. The molecule has 0 spiro atoms. The van der Waals surface area contributed by atoms with E-state index in [1.54, 1.807) is 7.11 Å². The number of urea groups is 1. The second kappa shape index (κ2) is 8.38. The first-order chi connectivity index (χ1) is 13.2. The highest BCUT2D eigenvalue weighted by atomic mass is 16.5. The summed E-state index contributed by atoms with van der Waals surface area (Å²) in [6.07, 6.45) is 7.54. The van der Waals surface area contributed by atoms with Crippen LogP contribution in [0.1, 0.15) is 37.7 Å². The highest BCUT2D eigenvalue weighted by Gasteiger charge is 2.29. The first-order valence-electron chi connectivity index (χ1n) is 10.3. The predicted molar refractivity (Wildman–Crippen MR) is 105 cm³/mol. The largest absolute Gasteiger partial charge is 0.497 e. The van der Waals surface area contributed by atoms with Gasteiger partial charge in [0.1, 0.15) is 18.1 Å². The summed E-state index contributed by atoms with van der Waals surface area (Å²) in [4.78, 5) is 17.3. The van der Waals surface area contributed by atoms with Crippen LogP contribution in [0.2, 0.25) is 0 Å². The predicted octanol–water partition coefficient (Wildman–Crippen LogP) is 2.66. The number of ether oxygens (including phenoxy) is 2. The lowest BCUT2D eigenvalue weighted by Gasteiger charge is -2.41. The van der Waals surface area contributed by atoms with Gasteiger partial charge in [-0.3, -0.25) is 4.90 Å². The van der Waals surface area contributed by atoms with Crippen LogP contribution < -0.4 is 14.8 Å². The third kappa shape index (κ3) is 4.32. The molecule has 1 saturated heterocycles. The molecule has 1 atom stereocenters. The number of fused-ring (bicyclic) bond motifs is 1. The molecular formula is C21H31N3O3. The molecule has 1 aliphatic carbocycles. The average molecular weight is 373 g/mol. The first-order valence-corrected chi connectivity index (χ1v) is 10.3. The van der Waals surface area contributed by atoms with Gasteiger partial charge in [-0.15, -0.1) is 0 Å². The number of carbonyl (C=O) groups excluding carboxylic acids is 1. The highest BCUT2D eigenvalue weighted by Crippen LogP contribution is 2.29. The molecule has 2 heterocycles. The number of hydrogen-bond donors (Lipinski definition) is 1. The van der Waals surface area contributed by atoms with E-state index in [0.717, 1.165) is 55.7 Å². The molecule has 6 nitrogen and oxygen atoms in total. The van der Waals surface area contributed by atoms with Crippen molar-refractivity contribution >= 4 is 6.03 Å². The van der Waals surface area contributed by atoms with Crippen molar-refractivity contribution in [2.24, 2.45) is 0 Å². The molecule has 148 valence electrons. The molecule has 6 heteroatoms. The standard InChI is InChI=1S/C21H31N3O3/c1-26-19-7-8-20-16(14-19)13-17(15-27-20)22-21(25)24-11-9-23(10-12-24)18-5-3-2-4-6-18/h7-8,14,17-18H,2-6,9-13,15H2,1H3,(H,22,25)/t17-/m0/s1. The van der Waals surface area contributed by atoms with Crippen LogP contribution >= 0.6 is 0 Å². The van der Waals surface area contributed by atoms with Crippen molar-refractivity contribution in [3.63, 3.8) is 0 Å². The minimum Gasteiger partial charge on any atom is -0.497 e. The number of amides is 2. The fraction of sp³-hybridized carbons (Fsp3) is 0.667. The van der Waals surface area contributed by atoms with E-state index in [2.05, 4.69) is 10.2 Å². The zero-order valence-electron chi connectivity index (χ0n) is 16.3. The van der Waals surface area contributed by atoms with Crippen LogP contribution in [0.25, 0.3) is 0 Å². The van der Waals surface area contributed by atoms with Crippen molar-refractivity contribution in [1.29, 1.82) is 0 Å². The summed E-state index contributed by atoms with van der Waals surface area (Å²) < 4.78 is 11.1. The molecule has 27 heavy (non-hydrogen) atoms. The number of piperazine rings is 1. The van der Waals surface area contributed by atoms with E-state index in [-0.39, 0.29) is 12.1 Å². The fourth-order valence-electron chi connectivity index (χ4n) is 4.59. The molecule has 2 fully saturated rings. The Kier molecular flexibility index (Phi) is 5.72. The van der Waals surface area contributed by atoms with Crippen molar-refractivity contribution in [2.75, 3.05) is 39.9 Å². The maximum atomic E-state index is 12.7. The van der Waals surface area contributed by atoms with Crippen LogP contribution in [0.5, 0.6) is 11.5 Å². The fourth-order valence-corrected chi connectivity index (χ4v) is 4.59. The number of hydrogen-bond acceptors (Lipinski definition) is 4. The van der Waals surface area contributed by atoms with Crippen LogP contribution in [0.3, 0.4) is 0 Å². The van der Waals surface area contributed by atoms with E-state index >= 15 is 0 Å². The Morgan fingerprint density at radius 1 is 1.15 bits per heavy atom. The number of nitrogens with zero attached hydrogens (tertiary/aromatic N) is 2. The summed E-state index contributed by atoms with van der Waals surface area (Å²) in [7, 11) is 1.66. The Morgan fingerprint density at radius 2 is 1.93 bits per heavy atom. The SMILES string of the molecule is COc1ccc2c(c1)C[C@H](NC(=O)N1CCN(C3CCCCC3)CC1)CO2. The van der Waals surface area contributed by atoms with Crippen molar-refractivity contribution < 1.29 is 14.3 Å². The molecular weight excluding hydrogens is 342 g/mol. The molecule has 1 saturated carbocycles. The third-order valence-corrected chi connectivity index (χ3v) is 6.19. The maximum absolute atomic E-state index is 12.7. The van der Waals surface area contributed by atoms with Crippen molar-refractivity contribution in [3.05, 3.63) is 23.8 Å². The second-order valence-corrected chi connectivity index (χ2v) is 7.95. The minimum atomic E-state index is 0.00785. The smallest absolute Gasteiger partial charge is 0.317 e. The molecule has 0 aromatic heterocycles. The molecule has 0 bridgehead atoms. The Balaban J connectivity index is 1.27. The number of benzene rings is 1. The summed E-state index contributed by atoms with van der Waals surface area (Å²) >= 11 is 0. The zero-order chi connectivity index (χ0) is 18.6. The van der Waals surface area contributed by atoms with Crippen LogP contribution in [-0.2, 0) is 6.42 Å². The van der Waals surface area contributed by atoms with E-state index < -0.39 is 0 Å². The van der Waals surface area contributed by atoms with Crippen molar-refractivity contribution in [2.45, 2.75) is 50.6 Å². The maximum Gasteiger partial charge on any atom is 0.317 e. The molecule has 2 amide bonds. The summed E-state index contributed by atoms with van der Waals surface area (Å²) in [6.45, 7) is 4.16. The normalized spacial score (nSPS) is 24.0. The van der Waals surface area contributed by atoms with Gasteiger partial charge in [0, 0.05) is 32.2 Å². The number of nitrogens with one attached hydrogen (secondary N) is 1. The summed E-state index contributed by atoms with van der Waals surface area (Å²) in [5, 5.41) is 3.16. The van der Waals surface area contributed by atoms with Crippen LogP contribution in [0.4, 0.5) is 4.79 Å². The lowest BCUT2D eigenvalue weighted by atomic mass is 9.94. The Hall–Kier alpha value is -1.95. The van der Waals surface area contributed by atoms with Crippen molar-refractivity contribution in [1.82, 2.24) is 15.1 Å². The number of methoxy groups -OCH3 is 1. The summed E-state index contributed by atoms with van der Waals surface area (Å²) in [5.41, 5.74) is 1.09. The van der Waals surface area contributed by atoms with Crippen LogP contribution in [-0.4, -0.2) is 67.8 Å². The highest BCUT2D eigenvalue weighted by molar-refractivity contribution is 5.74. The zero-order valence-corrected chi connectivity index (χ0v) is 16.3. The topological polar surface area (TPSA) is 54.0 Å². The summed E-state index contributed by atoms with van der Waals surface area (Å²) in [6, 6.07) is 6.63. The number of rotatable bonds is 3. The van der Waals surface area contributed by atoms with Gasteiger partial charge in [0.25, 0.3) is 0 Å². The average Bonchev–Trinajstić information content (AvgIpc) is 2.74. The molecule has 0 unspecified atom stereocenters. The summed E-state index contributed by atoms with van der Waals surface area (Å²) in [5.74, 6) is 1.71. The Labute approximate surface area is 161 Å². The van der Waals surface area contributed by atoms with Gasteiger partial charge in [-0.05, 0) is 43.0 Å². The van der Waals surface area contributed by atoms with Gasteiger partial charge in [-0.25, -0.2) is 4.79 Å². The molecule has 0 radical (unpaired) electrons. The van der Waals surface area contributed by atoms with Gasteiger partial charge in [0.05, 0.1) is 13.2 Å². The Morgan fingerprint density at radius 3 is 2.67 bits per heavy atom. The van der Waals surface area contributed by atoms with E-state index in [9.17, 15) is 4.79 Å². The molecule has 2 aliphatic heterocycles. The van der Waals surface area contributed by atoms with Gasteiger partial charge >= 0.3 is 6.03 Å². The van der Waals surface area contributed by atoms with Gasteiger partial charge in [-0.2, -0.15) is 0 Å². The lowest BCUT2D eigenvalue weighted by molar-refractivity contribution is 0.0885. The van der Waals surface area contributed by atoms with E-state index in [0.29, 0.717) is 6.61 Å².